The molecule has 1 aliphatic heterocycles. The summed E-state index contributed by atoms with van der Waals surface area (Å²) in [6.45, 7) is 0.848. The monoisotopic (exact) mass is 417 g/mol. The Morgan fingerprint density at radius 3 is 2.69 bits per heavy atom. The first-order chi connectivity index (χ1) is 13.8. The maximum Gasteiger partial charge on any atom is 0.251 e. The van der Waals surface area contributed by atoms with E-state index in [1.165, 1.54) is 4.31 Å². The summed E-state index contributed by atoms with van der Waals surface area (Å²) in [5.74, 6) is 0.374. The molecule has 1 amide bonds. The highest BCUT2D eigenvalue weighted by Crippen LogP contribution is 2.25. The van der Waals surface area contributed by atoms with E-state index in [4.69, 9.17) is 4.74 Å². The van der Waals surface area contributed by atoms with Gasteiger partial charge in [0.15, 0.2) is 0 Å². The Kier molecular flexibility index (Phi) is 6.44. The van der Waals surface area contributed by atoms with Gasteiger partial charge in [-0.2, -0.15) is 4.31 Å². The third-order valence-corrected chi connectivity index (χ3v) is 6.87. The lowest BCUT2D eigenvalue weighted by Crippen LogP contribution is -2.40. The van der Waals surface area contributed by atoms with Gasteiger partial charge in [0.1, 0.15) is 5.75 Å². The second kappa shape index (κ2) is 8.84. The zero-order valence-electron chi connectivity index (χ0n) is 17.0. The number of sulfonamides is 1. The molecular formula is C21H27N3O4S. The normalized spacial score (nSPS) is 14.2. The quantitative estimate of drug-likeness (QED) is 0.744. The fourth-order valence-corrected chi connectivity index (χ4v) is 4.64. The lowest BCUT2D eigenvalue weighted by Gasteiger charge is -2.28. The van der Waals surface area contributed by atoms with Crippen molar-refractivity contribution in [3.8, 4) is 5.75 Å². The van der Waals surface area contributed by atoms with Gasteiger partial charge in [-0.25, -0.2) is 8.42 Å². The van der Waals surface area contributed by atoms with Crippen LogP contribution in [-0.2, 0) is 23.0 Å². The Hall–Kier alpha value is -2.58. The average molecular weight is 418 g/mol. The molecule has 1 heterocycles. The minimum absolute atomic E-state index is 0.0688. The third-order valence-electron chi connectivity index (χ3n) is 5.05. The Labute approximate surface area is 172 Å². The highest BCUT2D eigenvalue weighted by molar-refractivity contribution is 7.89. The van der Waals surface area contributed by atoms with Crippen molar-refractivity contribution in [2.24, 2.45) is 0 Å². The molecule has 0 aromatic heterocycles. The number of fused-ring (bicyclic) bond motifs is 1. The molecular weight excluding hydrogens is 390 g/mol. The van der Waals surface area contributed by atoms with Gasteiger partial charge in [-0.05, 0) is 47.9 Å². The van der Waals surface area contributed by atoms with E-state index >= 15 is 0 Å². The molecule has 8 heteroatoms. The fraction of sp³-hybridized carbons (Fsp3) is 0.381. The predicted octanol–water partition coefficient (Wildman–Crippen LogP) is 1.88. The topological polar surface area (TPSA) is 79.0 Å². The van der Waals surface area contributed by atoms with Crippen molar-refractivity contribution in [2.45, 2.75) is 13.0 Å². The van der Waals surface area contributed by atoms with Crippen LogP contribution >= 0.6 is 0 Å². The summed E-state index contributed by atoms with van der Waals surface area (Å²) < 4.78 is 32.2. The van der Waals surface area contributed by atoms with E-state index in [0.29, 0.717) is 25.1 Å². The molecule has 0 aliphatic carbocycles. The predicted molar refractivity (Wildman–Crippen MR) is 114 cm³/mol. The minimum atomic E-state index is -3.46. The summed E-state index contributed by atoms with van der Waals surface area (Å²) in [5, 5.41) is 2.71. The summed E-state index contributed by atoms with van der Waals surface area (Å²) in [7, 11) is 1.95. The van der Waals surface area contributed by atoms with Crippen LogP contribution in [0.25, 0.3) is 0 Å². The number of nitrogens with zero attached hydrogens (tertiary/aromatic N) is 2. The van der Waals surface area contributed by atoms with Crippen LogP contribution in [0.4, 0.5) is 5.69 Å². The third kappa shape index (κ3) is 5.07. The Morgan fingerprint density at radius 2 is 1.97 bits per heavy atom. The van der Waals surface area contributed by atoms with Crippen molar-refractivity contribution < 1.29 is 17.9 Å². The lowest BCUT2D eigenvalue weighted by atomic mass is 10.0. The number of carbonyl (C=O) groups is 1. The zero-order chi connectivity index (χ0) is 21.0. The number of rotatable bonds is 7. The Balaban J connectivity index is 1.57. The molecule has 0 spiro atoms. The van der Waals surface area contributed by atoms with Crippen LogP contribution in [0.3, 0.4) is 0 Å². The molecule has 3 rings (SSSR count). The second-order valence-electron chi connectivity index (χ2n) is 7.23. The van der Waals surface area contributed by atoms with E-state index in [1.807, 2.05) is 43.3 Å². The number of hydrogen-bond donors (Lipinski definition) is 1. The summed E-state index contributed by atoms with van der Waals surface area (Å²) >= 11 is 0. The van der Waals surface area contributed by atoms with Crippen molar-refractivity contribution in [1.29, 1.82) is 0 Å². The van der Waals surface area contributed by atoms with Gasteiger partial charge >= 0.3 is 0 Å². The maximum absolute atomic E-state index is 12.7. The fourth-order valence-electron chi connectivity index (χ4n) is 3.32. The molecule has 156 valence electrons. The van der Waals surface area contributed by atoms with Crippen LogP contribution in [0.1, 0.15) is 21.5 Å². The van der Waals surface area contributed by atoms with Gasteiger partial charge in [0.25, 0.3) is 5.91 Å². The summed E-state index contributed by atoms with van der Waals surface area (Å²) in [6, 6.07) is 12.9. The molecule has 7 nitrogen and oxygen atoms in total. The van der Waals surface area contributed by atoms with Crippen molar-refractivity contribution >= 4 is 21.6 Å². The highest BCUT2D eigenvalue weighted by Gasteiger charge is 2.26. The first kappa shape index (κ1) is 21.1. The van der Waals surface area contributed by atoms with Crippen LogP contribution in [0, 0.1) is 0 Å². The zero-order valence-corrected chi connectivity index (χ0v) is 17.8. The van der Waals surface area contributed by atoms with Crippen LogP contribution in [0.5, 0.6) is 5.75 Å². The van der Waals surface area contributed by atoms with E-state index in [9.17, 15) is 13.2 Å². The van der Waals surface area contributed by atoms with Crippen molar-refractivity contribution in [2.75, 3.05) is 44.9 Å². The van der Waals surface area contributed by atoms with E-state index in [1.54, 1.807) is 25.3 Å². The van der Waals surface area contributed by atoms with Gasteiger partial charge in [0.2, 0.25) is 10.0 Å². The molecule has 2 aromatic carbocycles. The van der Waals surface area contributed by atoms with Gasteiger partial charge in [0.05, 0.1) is 12.9 Å². The van der Waals surface area contributed by atoms with Gasteiger partial charge in [-0.1, -0.05) is 12.1 Å². The maximum atomic E-state index is 12.7. The average Bonchev–Trinajstić information content (AvgIpc) is 2.72. The second-order valence-corrected chi connectivity index (χ2v) is 9.32. The van der Waals surface area contributed by atoms with Crippen LogP contribution in [-0.4, -0.2) is 58.7 Å². The van der Waals surface area contributed by atoms with Crippen molar-refractivity contribution in [3.05, 3.63) is 59.2 Å². The minimum Gasteiger partial charge on any atom is -0.497 e. The largest absolute Gasteiger partial charge is 0.497 e. The number of amides is 1. The van der Waals surface area contributed by atoms with E-state index < -0.39 is 10.0 Å². The first-order valence-electron chi connectivity index (χ1n) is 9.49. The smallest absolute Gasteiger partial charge is 0.251 e. The molecule has 0 bridgehead atoms. The van der Waals surface area contributed by atoms with Gasteiger partial charge in [-0.3, -0.25) is 4.79 Å². The van der Waals surface area contributed by atoms with Crippen molar-refractivity contribution in [3.63, 3.8) is 0 Å². The van der Waals surface area contributed by atoms with Gasteiger partial charge in [0, 0.05) is 45.0 Å². The number of hydrogen-bond acceptors (Lipinski definition) is 5. The first-order valence-corrected chi connectivity index (χ1v) is 11.1. The molecule has 0 saturated carbocycles. The summed E-state index contributed by atoms with van der Waals surface area (Å²) in [5.41, 5.74) is 3.53. The standard InChI is InChI=1S/C21H27N3O4S/c1-23(2)19-6-4-5-17(13-19)21(25)22-10-12-29(26,27)24-11-9-16-14-20(28-3)8-7-18(16)15-24/h4-8,13-14H,9-12,15H2,1-3H3,(H,22,25). The lowest BCUT2D eigenvalue weighted by molar-refractivity contribution is 0.0956. The van der Waals surface area contributed by atoms with Gasteiger partial charge < -0.3 is 15.0 Å². The van der Waals surface area contributed by atoms with E-state index in [0.717, 1.165) is 22.6 Å². The molecule has 0 atom stereocenters. The number of ether oxygens (including phenoxy) is 1. The SMILES string of the molecule is COc1ccc2c(c1)CCN(S(=O)(=O)CCNC(=O)c1cccc(N(C)C)c1)C2. The molecule has 0 saturated heterocycles. The molecule has 0 fully saturated rings. The highest BCUT2D eigenvalue weighted by atomic mass is 32.2. The van der Waals surface area contributed by atoms with Crippen LogP contribution in [0.15, 0.2) is 42.5 Å². The molecule has 1 aliphatic rings. The Bertz CT molecular complexity index is 989. The van der Waals surface area contributed by atoms with Crippen LogP contribution in [0.2, 0.25) is 0 Å². The number of carbonyl (C=O) groups excluding carboxylic acids is 1. The summed E-state index contributed by atoms with van der Waals surface area (Å²) in [6.07, 6.45) is 0.648. The molecule has 0 unspecified atom stereocenters. The van der Waals surface area contributed by atoms with E-state index in [2.05, 4.69) is 5.32 Å². The number of methoxy groups -OCH3 is 1. The molecule has 0 radical (unpaired) electrons. The number of nitrogens with one attached hydrogen (secondary N) is 1. The van der Waals surface area contributed by atoms with Crippen molar-refractivity contribution in [1.82, 2.24) is 9.62 Å². The number of benzene rings is 2. The summed E-state index contributed by atoms with van der Waals surface area (Å²) in [4.78, 5) is 14.3. The number of anilines is 1. The molecule has 29 heavy (non-hydrogen) atoms. The molecule has 1 N–H and O–H groups in total. The van der Waals surface area contributed by atoms with E-state index in [-0.39, 0.29) is 18.2 Å². The molecule has 2 aromatic rings. The van der Waals surface area contributed by atoms with Gasteiger partial charge in [-0.15, -0.1) is 0 Å². The Morgan fingerprint density at radius 1 is 1.17 bits per heavy atom. The van der Waals surface area contributed by atoms with Crippen LogP contribution < -0.4 is 15.0 Å².